The van der Waals surface area contributed by atoms with Crippen molar-refractivity contribution in [2.24, 2.45) is 0 Å². The van der Waals surface area contributed by atoms with E-state index in [1.165, 1.54) is 0 Å². The highest BCUT2D eigenvalue weighted by molar-refractivity contribution is 7.85. The van der Waals surface area contributed by atoms with Crippen LogP contribution in [0.25, 0.3) is 0 Å². The fourth-order valence-corrected chi connectivity index (χ4v) is 5.48. The van der Waals surface area contributed by atoms with Crippen molar-refractivity contribution in [2.75, 3.05) is 13.2 Å². The van der Waals surface area contributed by atoms with Crippen molar-refractivity contribution < 1.29 is 14.0 Å². The standard InChI is InChI=1S/C21H19O3P/c22-25(19-7-3-1-4-8-19,20-9-5-2-6-10-20)21-13-11-17(12-14-21)23-15-18-16-24-18/h1-14,18H,15-16H2. The highest BCUT2D eigenvalue weighted by Gasteiger charge is 2.29. The third-order valence-corrected chi connectivity index (χ3v) is 7.35. The molecule has 1 fully saturated rings. The topological polar surface area (TPSA) is 38.8 Å². The number of ether oxygens (including phenoxy) is 2. The van der Waals surface area contributed by atoms with Gasteiger partial charge in [-0.05, 0) is 24.3 Å². The van der Waals surface area contributed by atoms with Crippen molar-refractivity contribution in [1.82, 2.24) is 0 Å². The van der Waals surface area contributed by atoms with Gasteiger partial charge in [0.2, 0.25) is 0 Å². The Labute approximate surface area is 147 Å². The number of hydrogen-bond donors (Lipinski definition) is 0. The summed E-state index contributed by atoms with van der Waals surface area (Å²) in [6, 6.07) is 26.9. The van der Waals surface area contributed by atoms with E-state index in [0.29, 0.717) is 6.61 Å². The number of rotatable bonds is 6. The summed E-state index contributed by atoms with van der Waals surface area (Å²) >= 11 is 0. The molecule has 126 valence electrons. The summed E-state index contributed by atoms with van der Waals surface area (Å²) in [5.41, 5.74) is 0. The van der Waals surface area contributed by atoms with Crippen molar-refractivity contribution in [2.45, 2.75) is 6.10 Å². The van der Waals surface area contributed by atoms with Gasteiger partial charge in [-0.1, -0.05) is 60.7 Å². The lowest BCUT2D eigenvalue weighted by Gasteiger charge is -2.20. The Bertz CT molecular complexity index is 829. The molecule has 3 nitrogen and oxygen atoms in total. The van der Waals surface area contributed by atoms with E-state index in [-0.39, 0.29) is 6.10 Å². The Morgan fingerprint density at radius 1 is 0.800 bits per heavy atom. The van der Waals surface area contributed by atoms with Crippen LogP contribution < -0.4 is 20.7 Å². The molecule has 4 rings (SSSR count). The molecular formula is C21H19O3P. The van der Waals surface area contributed by atoms with Crippen LogP contribution in [0.2, 0.25) is 0 Å². The van der Waals surface area contributed by atoms with Crippen LogP contribution in [0.5, 0.6) is 5.75 Å². The van der Waals surface area contributed by atoms with Crippen molar-refractivity contribution >= 4 is 23.1 Å². The minimum Gasteiger partial charge on any atom is -0.491 e. The van der Waals surface area contributed by atoms with Gasteiger partial charge in [0.25, 0.3) is 0 Å². The first-order chi connectivity index (χ1) is 12.3. The summed E-state index contributed by atoms with van der Waals surface area (Å²) in [5, 5.41) is 2.47. The van der Waals surface area contributed by atoms with Crippen molar-refractivity contribution in [3.8, 4) is 5.75 Å². The molecule has 4 heteroatoms. The largest absolute Gasteiger partial charge is 0.491 e. The van der Waals surface area contributed by atoms with E-state index < -0.39 is 7.14 Å². The summed E-state index contributed by atoms with van der Waals surface area (Å²) in [5.74, 6) is 0.770. The molecule has 1 saturated heterocycles. The Balaban J connectivity index is 1.72. The minimum absolute atomic E-state index is 0.222. The normalized spacial score (nSPS) is 16.4. The van der Waals surface area contributed by atoms with Gasteiger partial charge in [0.15, 0.2) is 7.14 Å². The summed E-state index contributed by atoms with van der Waals surface area (Å²) in [6.07, 6.45) is 0.222. The zero-order chi connectivity index (χ0) is 17.1. The maximum Gasteiger partial charge on any atom is 0.171 e. The first kappa shape index (κ1) is 16.1. The van der Waals surface area contributed by atoms with E-state index in [4.69, 9.17) is 9.47 Å². The van der Waals surface area contributed by atoms with E-state index in [1.54, 1.807) is 0 Å². The minimum atomic E-state index is -2.90. The van der Waals surface area contributed by atoms with Crippen LogP contribution in [0, 0.1) is 0 Å². The Morgan fingerprint density at radius 2 is 1.28 bits per heavy atom. The first-order valence-corrected chi connectivity index (χ1v) is 10.0. The number of hydrogen-bond acceptors (Lipinski definition) is 3. The Hall–Kier alpha value is -2.35. The fraction of sp³-hybridized carbons (Fsp3) is 0.143. The second-order valence-electron chi connectivity index (χ2n) is 6.04. The monoisotopic (exact) mass is 350 g/mol. The molecule has 0 radical (unpaired) electrons. The number of benzene rings is 3. The van der Waals surface area contributed by atoms with Gasteiger partial charge >= 0.3 is 0 Å². The molecule has 1 aliphatic rings. The van der Waals surface area contributed by atoms with Crippen molar-refractivity contribution in [3.05, 3.63) is 84.9 Å². The van der Waals surface area contributed by atoms with Crippen LogP contribution in [0.1, 0.15) is 0 Å². The average Bonchev–Trinajstić information content (AvgIpc) is 3.52. The van der Waals surface area contributed by atoms with Crippen LogP contribution in [0.15, 0.2) is 84.9 Å². The third kappa shape index (κ3) is 3.39. The molecule has 25 heavy (non-hydrogen) atoms. The molecule has 1 heterocycles. The SMILES string of the molecule is O=P(c1ccccc1)(c1ccccc1)c1ccc(OCC2CO2)cc1. The zero-order valence-electron chi connectivity index (χ0n) is 13.7. The van der Waals surface area contributed by atoms with E-state index in [0.717, 1.165) is 28.3 Å². The fourth-order valence-electron chi connectivity index (χ4n) is 2.83. The van der Waals surface area contributed by atoms with Crippen LogP contribution in [-0.4, -0.2) is 19.3 Å². The maximum atomic E-state index is 14.1. The second kappa shape index (κ2) is 6.87. The molecule has 1 aliphatic heterocycles. The maximum absolute atomic E-state index is 14.1. The molecule has 3 aromatic carbocycles. The molecular weight excluding hydrogens is 331 g/mol. The molecule has 0 spiro atoms. The predicted octanol–water partition coefficient (Wildman–Crippen LogP) is 3.10. The summed E-state index contributed by atoms with van der Waals surface area (Å²) in [4.78, 5) is 0. The molecule has 3 aromatic rings. The lowest BCUT2D eigenvalue weighted by atomic mass is 10.3. The van der Waals surface area contributed by atoms with E-state index in [1.807, 2.05) is 84.9 Å². The quantitative estimate of drug-likeness (QED) is 0.507. The molecule has 1 atom stereocenters. The van der Waals surface area contributed by atoms with Crippen molar-refractivity contribution in [1.29, 1.82) is 0 Å². The van der Waals surface area contributed by atoms with E-state index in [2.05, 4.69) is 0 Å². The van der Waals surface area contributed by atoms with Crippen LogP contribution in [-0.2, 0) is 9.30 Å². The molecule has 0 aromatic heterocycles. The van der Waals surface area contributed by atoms with E-state index in [9.17, 15) is 4.57 Å². The lowest BCUT2D eigenvalue weighted by Crippen LogP contribution is -2.24. The van der Waals surface area contributed by atoms with Crippen LogP contribution >= 0.6 is 7.14 Å². The van der Waals surface area contributed by atoms with Gasteiger partial charge in [-0.25, -0.2) is 0 Å². The molecule has 0 N–H and O–H groups in total. The second-order valence-corrected chi connectivity index (χ2v) is 8.81. The van der Waals surface area contributed by atoms with Gasteiger partial charge in [0.1, 0.15) is 18.5 Å². The first-order valence-electron chi connectivity index (χ1n) is 8.33. The molecule has 0 amide bonds. The zero-order valence-corrected chi connectivity index (χ0v) is 14.6. The Kier molecular flexibility index (Phi) is 4.44. The van der Waals surface area contributed by atoms with Crippen LogP contribution in [0.3, 0.4) is 0 Å². The Morgan fingerprint density at radius 3 is 1.76 bits per heavy atom. The van der Waals surface area contributed by atoms with Gasteiger partial charge in [0.05, 0.1) is 6.61 Å². The molecule has 1 unspecified atom stereocenters. The highest BCUT2D eigenvalue weighted by atomic mass is 31.2. The molecule has 0 bridgehead atoms. The highest BCUT2D eigenvalue weighted by Crippen LogP contribution is 2.42. The summed E-state index contributed by atoms with van der Waals surface area (Å²) in [7, 11) is -2.90. The lowest BCUT2D eigenvalue weighted by molar-refractivity contribution is 0.263. The summed E-state index contributed by atoms with van der Waals surface area (Å²) < 4.78 is 25.0. The van der Waals surface area contributed by atoms with Gasteiger partial charge in [-0.15, -0.1) is 0 Å². The average molecular weight is 350 g/mol. The van der Waals surface area contributed by atoms with E-state index >= 15 is 0 Å². The van der Waals surface area contributed by atoms with Gasteiger partial charge in [0, 0.05) is 15.9 Å². The number of epoxide rings is 1. The van der Waals surface area contributed by atoms with Gasteiger partial charge in [-0.3, -0.25) is 0 Å². The van der Waals surface area contributed by atoms with Crippen molar-refractivity contribution in [3.63, 3.8) is 0 Å². The third-order valence-electron chi connectivity index (χ3n) is 4.28. The predicted molar refractivity (Wildman–Crippen MR) is 101 cm³/mol. The van der Waals surface area contributed by atoms with Gasteiger partial charge in [-0.2, -0.15) is 0 Å². The molecule has 0 aliphatic carbocycles. The smallest absolute Gasteiger partial charge is 0.171 e. The van der Waals surface area contributed by atoms with Gasteiger partial charge < -0.3 is 14.0 Å². The van der Waals surface area contributed by atoms with Crippen LogP contribution in [0.4, 0.5) is 0 Å². The summed E-state index contributed by atoms with van der Waals surface area (Å²) in [6.45, 7) is 1.34. The molecule has 0 saturated carbocycles.